The van der Waals surface area contributed by atoms with Gasteiger partial charge in [-0.1, -0.05) is 0 Å². The molecule has 1 aromatic rings. The lowest BCUT2D eigenvalue weighted by atomic mass is 10.0. The van der Waals surface area contributed by atoms with E-state index in [4.69, 9.17) is 5.11 Å². The predicted molar refractivity (Wildman–Crippen MR) is 58.5 cm³/mol. The van der Waals surface area contributed by atoms with Gasteiger partial charge in [0.25, 0.3) is 5.69 Å². The molecule has 1 N–H and O–H groups in total. The van der Waals surface area contributed by atoms with Gasteiger partial charge in [-0.3, -0.25) is 14.9 Å². The molecule has 0 bridgehead atoms. The molecule has 0 amide bonds. The van der Waals surface area contributed by atoms with Crippen molar-refractivity contribution >= 4 is 11.7 Å². The number of aryl methyl sites for hydroxylation is 3. The Balaban J connectivity index is 3.00. The summed E-state index contributed by atoms with van der Waals surface area (Å²) in [4.78, 5) is 20.7. The molecule has 0 aromatic heterocycles. The number of benzene rings is 1. The number of nitrogens with zero attached hydrogens (tertiary/aromatic N) is 1. The number of carboxylic acids is 1. The standard InChI is InChI=1S/C11H13NO4/c1-7-5-9(3-4-10(13)14)6-8(2)11(7)12(15)16/h5-6H,3-4H2,1-2H3,(H,13,14). The number of hydrogen-bond donors (Lipinski definition) is 1. The second-order valence-corrected chi connectivity index (χ2v) is 3.73. The highest BCUT2D eigenvalue weighted by atomic mass is 16.6. The van der Waals surface area contributed by atoms with E-state index in [0.29, 0.717) is 17.5 Å². The summed E-state index contributed by atoms with van der Waals surface area (Å²) in [6, 6.07) is 3.35. The van der Waals surface area contributed by atoms with Crippen molar-refractivity contribution in [2.24, 2.45) is 0 Å². The lowest BCUT2D eigenvalue weighted by Gasteiger charge is -2.05. The molecule has 0 heterocycles. The van der Waals surface area contributed by atoms with Crippen LogP contribution in [0.15, 0.2) is 12.1 Å². The van der Waals surface area contributed by atoms with Crippen LogP contribution >= 0.6 is 0 Å². The molecule has 0 unspecified atom stereocenters. The molecule has 16 heavy (non-hydrogen) atoms. The Labute approximate surface area is 92.9 Å². The molecule has 0 radical (unpaired) electrons. The summed E-state index contributed by atoms with van der Waals surface area (Å²) in [6.07, 6.45) is 0.436. The van der Waals surface area contributed by atoms with Crippen molar-refractivity contribution in [2.75, 3.05) is 0 Å². The van der Waals surface area contributed by atoms with Crippen molar-refractivity contribution in [3.8, 4) is 0 Å². The summed E-state index contributed by atoms with van der Waals surface area (Å²) in [5.41, 5.74) is 2.08. The minimum Gasteiger partial charge on any atom is -0.481 e. The van der Waals surface area contributed by atoms with Gasteiger partial charge in [-0.05, 0) is 38.0 Å². The summed E-state index contributed by atoms with van der Waals surface area (Å²) in [5, 5.41) is 19.3. The summed E-state index contributed by atoms with van der Waals surface area (Å²) < 4.78 is 0. The van der Waals surface area contributed by atoms with Gasteiger partial charge in [0, 0.05) is 17.5 Å². The first-order chi connectivity index (χ1) is 7.41. The van der Waals surface area contributed by atoms with E-state index >= 15 is 0 Å². The fraction of sp³-hybridized carbons (Fsp3) is 0.364. The minimum absolute atomic E-state index is 0.0384. The maximum atomic E-state index is 10.7. The zero-order valence-corrected chi connectivity index (χ0v) is 9.19. The molecule has 0 atom stereocenters. The average molecular weight is 223 g/mol. The van der Waals surface area contributed by atoms with Crippen molar-refractivity contribution in [1.29, 1.82) is 0 Å². The van der Waals surface area contributed by atoms with Crippen LogP contribution in [0.5, 0.6) is 0 Å². The van der Waals surface area contributed by atoms with Gasteiger partial charge in [0.05, 0.1) is 4.92 Å². The number of carbonyl (C=O) groups is 1. The van der Waals surface area contributed by atoms with Crippen LogP contribution in [-0.4, -0.2) is 16.0 Å². The molecule has 86 valence electrons. The third-order valence-electron chi connectivity index (χ3n) is 2.36. The lowest BCUT2D eigenvalue weighted by molar-refractivity contribution is -0.386. The highest BCUT2D eigenvalue weighted by molar-refractivity contribution is 5.67. The third-order valence-corrected chi connectivity index (χ3v) is 2.36. The first-order valence-electron chi connectivity index (χ1n) is 4.88. The quantitative estimate of drug-likeness (QED) is 0.626. The summed E-state index contributed by atoms with van der Waals surface area (Å²) in [7, 11) is 0. The van der Waals surface area contributed by atoms with Crippen LogP contribution in [0, 0.1) is 24.0 Å². The Morgan fingerprint density at radius 3 is 2.25 bits per heavy atom. The van der Waals surface area contributed by atoms with Crippen LogP contribution in [0.2, 0.25) is 0 Å². The summed E-state index contributed by atoms with van der Waals surface area (Å²) >= 11 is 0. The molecule has 1 aromatic carbocycles. The van der Waals surface area contributed by atoms with E-state index in [1.807, 2.05) is 0 Å². The molecular weight excluding hydrogens is 210 g/mol. The fourth-order valence-electron chi connectivity index (χ4n) is 1.73. The molecule has 0 aliphatic rings. The van der Waals surface area contributed by atoms with E-state index < -0.39 is 10.9 Å². The molecule has 0 spiro atoms. The zero-order valence-electron chi connectivity index (χ0n) is 9.19. The number of rotatable bonds is 4. The number of aliphatic carboxylic acids is 1. The zero-order chi connectivity index (χ0) is 12.3. The van der Waals surface area contributed by atoms with Crippen LogP contribution in [0.4, 0.5) is 5.69 Å². The van der Waals surface area contributed by atoms with Gasteiger partial charge >= 0.3 is 5.97 Å². The van der Waals surface area contributed by atoms with Crippen molar-refractivity contribution in [1.82, 2.24) is 0 Å². The number of carboxylic acid groups (broad SMARTS) is 1. The second-order valence-electron chi connectivity index (χ2n) is 3.73. The van der Waals surface area contributed by atoms with Crippen LogP contribution in [0.25, 0.3) is 0 Å². The molecule has 5 nitrogen and oxygen atoms in total. The van der Waals surface area contributed by atoms with Crippen LogP contribution < -0.4 is 0 Å². The smallest absolute Gasteiger partial charge is 0.303 e. The maximum absolute atomic E-state index is 10.7. The SMILES string of the molecule is Cc1cc(CCC(=O)O)cc(C)c1[N+](=O)[O-]. The monoisotopic (exact) mass is 223 g/mol. The molecule has 0 fully saturated rings. The maximum Gasteiger partial charge on any atom is 0.303 e. The fourth-order valence-corrected chi connectivity index (χ4v) is 1.73. The van der Waals surface area contributed by atoms with Gasteiger partial charge < -0.3 is 5.11 Å². The van der Waals surface area contributed by atoms with Crippen molar-refractivity contribution in [3.63, 3.8) is 0 Å². The van der Waals surface area contributed by atoms with E-state index in [9.17, 15) is 14.9 Å². The first-order valence-corrected chi connectivity index (χ1v) is 4.88. The predicted octanol–water partition coefficient (Wildman–Crippen LogP) is 2.23. The number of hydrogen-bond acceptors (Lipinski definition) is 3. The van der Waals surface area contributed by atoms with Crippen molar-refractivity contribution in [3.05, 3.63) is 38.9 Å². The Kier molecular flexibility index (Phi) is 3.60. The average Bonchev–Trinajstić information content (AvgIpc) is 2.12. The molecule has 0 aliphatic carbocycles. The Hall–Kier alpha value is -1.91. The molecule has 1 rings (SSSR count). The van der Waals surface area contributed by atoms with E-state index in [0.717, 1.165) is 5.56 Å². The number of nitro groups is 1. The molecule has 5 heteroatoms. The lowest BCUT2D eigenvalue weighted by Crippen LogP contribution is -2.00. The molecule has 0 saturated carbocycles. The van der Waals surface area contributed by atoms with Gasteiger partial charge in [-0.15, -0.1) is 0 Å². The van der Waals surface area contributed by atoms with E-state index in [2.05, 4.69) is 0 Å². The molecule has 0 saturated heterocycles. The molecular formula is C11H13NO4. The topological polar surface area (TPSA) is 80.4 Å². The van der Waals surface area contributed by atoms with Gasteiger partial charge in [-0.25, -0.2) is 0 Å². The largest absolute Gasteiger partial charge is 0.481 e. The normalized spacial score (nSPS) is 10.1. The van der Waals surface area contributed by atoms with Gasteiger partial charge in [0.15, 0.2) is 0 Å². The van der Waals surface area contributed by atoms with Gasteiger partial charge in [0.2, 0.25) is 0 Å². The third kappa shape index (κ3) is 2.79. The first kappa shape index (κ1) is 12.2. The van der Waals surface area contributed by atoms with Crippen LogP contribution in [-0.2, 0) is 11.2 Å². The van der Waals surface area contributed by atoms with E-state index in [-0.39, 0.29) is 12.1 Å². The minimum atomic E-state index is -0.867. The van der Waals surface area contributed by atoms with Crippen molar-refractivity contribution in [2.45, 2.75) is 26.7 Å². The van der Waals surface area contributed by atoms with E-state index in [1.165, 1.54) is 0 Å². The van der Waals surface area contributed by atoms with Crippen LogP contribution in [0.1, 0.15) is 23.1 Å². The Morgan fingerprint density at radius 2 is 1.88 bits per heavy atom. The second kappa shape index (κ2) is 4.74. The number of nitro benzene ring substituents is 1. The van der Waals surface area contributed by atoms with E-state index in [1.54, 1.807) is 26.0 Å². The van der Waals surface area contributed by atoms with Gasteiger partial charge in [0.1, 0.15) is 0 Å². The molecule has 0 aliphatic heterocycles. The Bertz CT molecular complexity index is 417. The summed E-state index contributed by atoms with van der Waals surface area (Å²) in [6.45, 7) is 3.32. The summed E-state index contributed by atoms with van der Waals surface area (Å²) in [5.74, 6) is -0.867. The highest BCUT2D eigenvalue weighted by Crippen LogP contribution is 2.24. The Morgan fingerprint density at radius 1 is 1.38 bits per heavy atom. The van der Waals surface area contributed by atoms with Gasteiger partial charge in [-0.2, -0.15) is 0 Å². The van der Waals surface area contributed by atoms with Crippen LogP contribution in [0.3, 0.4) is 0 Å². The highest BCUT2D eigenvalue weighted by Gasteiger charge is 2.15. The van der Waals surface area contributed by atoms with Crippen molar-refractivity contribution < 1.29 is 14.8 Å².